The van der Waals surface area contributed by atoms with Gasteiger partial charge in [-0.25, -0.2) is 0 Å². The monoisotopic (exact) mass is 358 g/mol. The van der Waals surface area contributed by atoms with E-state index in [0.29, 0.717) is 25.3 Å². The molecule has 2 aliphatic heterocycles. The van der Waals surface area contributed by atoms with Crippen LogP contribution in [0.1, 0.15) is 62.4 Å². The lowest BCUT2D eigenvalue weighted by atomic mass is 9.86. The Morgan fingerprint density at radius 2 is 1.73 bits per heavy atom. The van der Waals surface area contributed by atoms with Crippen molar-refractivity contribution in [3.8, 4) is 0 Å². The Labute approximate surface area is 156 Å². The lowest BCUT2D eigenvalue weighted by molar-refractivity contribution is -0.142. The van der Waals surface area contributed by atoms with E-state index in [-0.39, 0.29) is 29.4 Å². The van der Waals surface area contributed by atoms with Gasteiger partial charge >= 0.3 is 0 Å². The second-order valence-electron chi connectivity index (χ2n) is 8.40. The minimum Gasteiger partial charge on any atom is -0.368 e. The highest BCUT2D eigenvalue weighted by Crippen LogP contribution is 2.22. The van der Waals surface area contributed by atoms with Crippen molar-refractivity contribution in [3.63, 3.8) is 0 Å². The summed E-state index contributed by atoms with van der Waals surface area (Å²) in [6.07, 6.45) is 3.15. The van der Waals surface area contributed by atoms with Crippen LogP contribution in [0.5, 0.6) is 0 Å². The maximum atomic E-state index is 12.5. The van der Waals surface area contributed by atoms with Gasteiger partial charge in [0, 0.05) is 31.3 Å². The number of nitrogens with zero attached hydrogens (tertiary/aromatic N) is 1. The summed E-state index contributed by atoms with van der Waals surface area (Å²) in [7, 11) is 0. The standard InChI is InChI=1S/C21H30N2O3/c1-21(2,3)16-8-6-15(7-9-16)19(24)22-17-10-12-23(13-11-17)20(25)18-5-4-14-26-18/h6-9,17-18H,4-5,10-14H2,1-3H3,(H,22,24). The van der Waals surface area contributed by atoms with Crippen molar-refractivity contribution < 1.29 is 14.3 Å². The Kier molecular flexibility index (Phi) is 5.66. The average Bonchev–Trinajstić information content (AvgIpc) is 3.16. The molecule has 2 saturated heterocycles. The lowest BCUT2D eigenvalue weighted by Crippen LogP contribution is -2.49. The summed E-state index contributed by atoms with van der Waals surface area (Å²) in [5.41, 5.74) is 1.99. The van der Waals surface area contributed by atoms with Gasteiger partial charge < -0.3 is 15.0 Å². The van der Waals surface area contributed by atoms with Gasteiger partial charge in [-0.1, -0.05) is 32.9 Å². The number of hydrogen-bond donors (Lipinski definition) is 1. The van der Waals surface area contributed by atoms with Crippen molar-refractivity contribution in [3.05, 3.63) is 35.4 Å². The molecule has 2 amide bonds. The first-order chi connectivity index (χ1) is 12.3. The van der Waals surface area contributed by atoms with Crippen molar-refractivity contribution in [2.45, 2.75) is 64.0 Å². The Morgan fingerprint density at radius 3 is 2.27 bits per heavy atom. The highest BCUT2D eigenvalue weighted by atomic mass is 16.5. The van der Waals surface area contributed by atoms with E-state index in [1.807, 2.05) is 29.2 Å². The van der Waals surface area contributed by atoms with E-state index >= 15 is 0 Å². The zero-order chi connectivity index (χ0) is 18.7. The van der Waals surface area contributed by atoms with Crippen LogP contribution in [0.25, 0.3) is 0 Å². The van der Waals surface area contributed by atoms with Gasteiger partial charge in [0.25, 0.3) is 11.8 Å². The molecule has 5 nitrogen and oxygen atoms in total. The van der Waals surface area contributed by atoms with Crippen LogP contribution in [0, 0.1) is 0 Å². The highest BCUT2D eigenvalue weighted by Gasteiger charge is 2.31. The van der Waals surface area contributed by atoms with Crippen LogP contribution in [-0.4, -0.2) is 48.6 Å². The Hall–Kier alpha value is -1.88. The average molecular weight is 358 g/mol. The van der Waals surface area contributed by atoms with Crippen molar-refractivity contribution in [2.75, 3.05) is 19.7 Å². The topological polar surface area (TPSA) is 58.6 Å². The molecule has 2 heterocycles. The third-order valence-electron chi connectivity index (χ3n) is 5.36. The molecule has 0 radical (unpaired) electrons. The van der Waals surface area contributed by atoms with Crippen molar-refractivity contribution >= 4 is 11.8 Å². The molecule has 1 aromatic rings. The van der Waals surface area contributed by atoms with E-state index in [4.69, 9.17) is 4.74 Å². The lowest BCUT2D eigenvalue weighted by Gasteiger charge is -2.33. The summed E-state index contributed by atoms with van der Waals surface area (Å²) in [6, 6.07) is 7.96. The van der Waals surface area contributed by atoms with E-state index in [0.717, 1.165) is 25.7 Å². The molecule has 0 spiro atoms. The molecule has 0 bridgehead atoms. The predicted molar refractivity (Wildman–Crippen MR) is 101 cm³/mol. The number of rotatable bonds is 3. The molecule has 3 rings (SSSR count). The molecule has 1 unspecified atom stereocenters. The number of amides is 2. The molecule has 2 aliphatic rings. The fourth-order valence-electron chi connectivity index (χ4n) is 3.61. The minimum absolute atomic E-state index is 0.0330. The predicted octanol–water partition coefficient (Wildman–Crippen LogP) is 2.88. The van der Waals surface area contributed by atoms with Crippen LogP contribution in [0.15, 0.2) is 24.3 Å². The molecule has 2 fully saturated rings. The quantitative estimate of drug-likeness (QED) is 0.904. The van der Waals surface area contributed by atoms with Crippen molar-refractivity contribution in [1.29, 1.82) is 0 Å². The van der Waals surface area contributed by atoms with Gasteiger partial charge in [0.2, 0.25) is 0 Å². The number of hydrogen-bond acceptors (Lipinski definition) is 3. The van der Waals surface area contributed by atoms with Crippen LogP contribution in [-0.2, 0) is 14.9 Å². The molecule has 1 atom stereocenters. The maximum Gasteiger partial charge on any atom is 0.251 e. The van der Waals surface area contributed by atoms with Crippen LogP contribution in [0.3, 0.4) is 0 Å². The van der Waals surface area contributed by atoms with E-state index in [1.165, 1.54) is 5.56 Å². The number of nitrogens with one attached hydrogen (secondary N) is 1. The van der Waals surface area contributed by atoms with E-state index in [9.17, 15) is 9.59 Å². The molecule has 26 heavy (non-hydrogen) atoms. The van der Waals surface area contributed by atoms with Crippen molar-refractivity contribution in [2.24, 2.45) is 0 Å². The van der Waals surface area contributed by atoms with Gasteiger partial charge in [0.15, 0.2) is 0 Å². The van der Waals surface area contributed by atoms with Gasteiger partial charge in [-0.3, -0.25) is 9.59 Å². The first-order valence-electron chi connectivity index (χ1n) is 9.66. The fourth-order valence-corrected chi connectivity index (χ4v) is 3.61. The third kappa shape index (κ3) is 4.44. The van der Waals surface area contributed by atoms with Gasteiger partial charge in [-0.2, -0.15) is 0 Å². The Balaban J connectivity index is 1.49. The SMILES string of the molecule is CC(C)(C)c1ccc(C(=O)NC2CCN(C(=O)C3CCCO3)CC2)cc1. The minimum atomic E-state index is -0.248. The second kappa shape index (κ2) is 7.78. The second-order valence-corrected chi connectivity index (χ2v) is 8.40. The number of carbonyl (C=O) groups is 2. The Morgan fingerprint density at radius 1 is 1.08 bits per heavy atom. The zero-order valence-corrected chi connectivity index (χ0v) is 16.1. The van der Waals surface area contributed by atoms with Gasteiger partial charge in [0.05, 0.1) is 0 Å². The molecule has 0 aliphatic carbocycles. The molecular weight excluding hydrogens is 328 g/mol. The fraction of sp³-hybridized carbons (Fsp3) is 0.619. The number of carbonyl (C=O) groups excluding carboxylic acids is 2. The highest BCUT2D eigenvalue weighted by molar-refractivity contribution is 5.94. The number of likely N-dealkylation sites (tertiary alicyclic amines) is 1. The van der Waals surface area contributed by atoms with Crippen molar-refractivity contribution in [1.82, 2.24) is 10.2 Å². The van der Waals surface area contributed by atoms with E-state index in [2.05, 4.69) is 26.1 Å². The largest absolute Gasteiger partial charge is 0.368 e. The van der Waals surface area contributed by atoms with Gasteiger partial charge in [0.1, 0.15) is 6.10 Å². The number of benzene rings is 1. The summed E-state index contributed by atoms with van der Waals surface area (Å²) in [5.74, 6) is 0.0828. The first-order valence-corrected chi connectivity index (χ1v) is 9.66. The molecule has 142 valence electrons. The smallest absolute Gasteiger partial charge is 0.251 e. The van der Waals surface area contributed by atoms with Gasteiger partial charge in [-0.05, 0) is 48.8 Å². The van der Waals surface area contributed by atoms with E-state index < -0.39 is 0 Å². The number of piperidine rings is 1. The van der Waals surface area contributed by atoms with E-state index in [1.54, 1.807) is 0 Å². The summed E-state index contributed by atoms with van der Waals surface area (Å²) >= 11 is 0. The maximum absolute atomic E-state index is 12.5. The molecular formula is C21H30N2O3. The molecule has 1 aromatic carbocycles. The van der Waals surface area contributed by atoms with Crippen LogP contribution in [0.4, 0.5) is 0 Å². The van der Waals surface area contributed by atoms with Gasteiger partial charge in [-0.15, -0.1) is 0 Å². The van der Waals surface area contributed by atoms with Crippen LogP contribution >= 0.6 is 0 Å². The summed E-state index contributed by atoms with van der Waals surface area (Å²) < 4.78 is 5.49. The molecule has 0 aromatic heterocycles. The first kappa shape index (κ1) is 18.9. The molecule has 0 saturated carbocycles. The summed E-state index contributed by atoms with van der Waals surface area (Å²) in [6.45, 7) is 8.55. The molecule has 5 heteroatoms. The zero-order valence-electron chi connectivity index (χ0n) is 16.1. The molecule has 1 N–H and O–H groups in total. The summed E-state index contributed by atoms with van der Waals surface area (Å²) in [5, 5.41) is 3.11. The Bertz CT molecular complexity index is 634. The van der Waals surface area contributed by atoms with Crippen LogP contribution < -0.4 is 5.32 Å². The third-order valence-corrected chi connectivity index (χ3v) is 5.36. The summed E-state index contributed by atoms with van der Waals surface area (Å²) in [4.78, 5) is 26.7. The normalized spacial score (nSPS) is 21.7. The number of ether oxygens (including phenoxy) is 1. The van der Waals surface area contributed by atoms with Crippen LogP contribution in [0.2, 0.25) is 0 Å².